The predicted molar refractivity (Wildman–Crippen MR) is 335 cm³/mol. The minimum atomic E-state index is -1.98. The number of carbonyl (C=O) groups excluding carboxylic acids is 2. The number of likely N-dealkylation sites (N-methyl/N-ethyl adjacent to an activating group) is 1. The van der Waals surface area contributed by atoms with Crippen LogP contribution in [0.2, 0.25) is 0 Å². The minimum absolute atomic E-state index is 0.108. The van der Waals surface area contributed by atoms with Crippen LogP contribution in [0.1, 0.15) is 172 Å². The van der Waals surface area contributed by atoms with Gasteiger partial charge in [-0.2, -0.15) is 0 Å². The summed E-state index contributed by atoms with van der Waals surface area (Å²) in [5, 5.41) is 63.6. The summed E-state index contributed by atoms with van der Waals surface area (Å²) in [6.07, 6.45) is 7.40. The number of esters is 1. The molecule has 6 rings (SSSR count). The summed E-state index contributed by atoms with van der Waals surface area (Å²) in [6, 6.07) is 27.1. The smallest absolute Gasteiger partial charge is 0.309 e. The molecule has 2 aromatic carbocycles. The number of pyridine rings is 1. The Bertz CT molecular complexity index is 2330. The van der Waals surface area contributed by atoms with Crippen molar-refractivity contribution in [2.75, 3.05) is 33.9 Å². The SMILES string of the molecule is CC[C@H]1OC(=O)[C@H](C)[C@@H](C2C[C@@](C)(OC)[C@@H](O)[C@H](C)O2)[C@H](C)[C@@H](O[C@@H]2O[C@H](C)C[C@H](N(C)C)[C@H]2O)[C@](C)(O)C[C@@H](C)CN(C(=O)CCCCCCCCCCCCC[P+](c2ccccc2)(c2ccccc2)c2ccccn2)[C@H](C)[C@@H](O)[C@]1(C)O. The van der Waals surface area contributed by atoms with Crippen molar-refractivity contribution in [1.29, 1.82) is 0 Å². The van der Waals surface area contributed by atoms with Crippen molar-refractivity contribution in [3.05, 3.63) is 85.1 Å². The molecule has 3 aliphatic heterocycles. The van der Waals surface area contributed by atoms with Crippen LogP contribution in [-0.4, -0.2) is 170 Å². The number of cyclic esters (lactones) is 1. The third-order valence-electron chi connectivity index (χ3n) is 19.4. The highest BCUT2D eigenvalue weighted by Crippen LogP contribution is 2.55. The van der Waals surface area contributed by atoms with Crippen molar-refractivity contribution in [2.45, 2.75) is 256 Å². The lowest BCUT2D eigenvalue weighted by molar-refractivity contribution is -0.302. The van der Waals surface area contributed by atoms with Gasteiger partial charge in [0.2, 0.25) is 5.91 Å². The van der Waals surface area contributed by atoms with Crippen molar-refractivity contribution in [1.82, 2.24) is 14.8 Å². The molecule has 3 aromatic rings. The average Bonchev–Trinajstić information content (AvgIpc) is 2.09. The Morgan fingerprint density at radius 2 is 1.32 bits per heavy atom. The van der Waals surface area contributed by atoms with Crippen LogP contribution in [0, 0.1) is 23.7 Å². The zero-order valence-electron chi connectivity index (χ0n) is 53.4. The van der Waals surface area contributed by atoms with Crippen LogP contribution in [0.5, 0.6) is 0 Å². The lowest BCUT2D eigenvalue weighted by Gasteiger charge is -2.51. The molecule has 84 heavy (non-hydrogen) atoms. The highest BCUT2D eigenvalue weighted by Gasteiger charge is 2.55. The molecule has 1 amide bonds. The Kier molecular flexibility index (Phi) is 26.2. The average molecular weight is 1190 g/mol. The van der Waals surface area contributed by atoms with Gasteiger partial charge in [0, 0.05) is 50.7 Å². The maximum Gasteiger partial charge on any atom is 0.309 e. The Morgan fingerprint density at radius 1 is 0.762 bits per heavy atom. The van der Waals surface area contributed by atoms with Gasteiger partial charge in [0.25, 0.3) is 0 Å². The van der Waals surface area contributed by atoms with Crippen LogP contribution < -0.4 is 16.0 Å². The lowest BCUT2D eigenvalue weighted by atomic mass is 9.68. The fourth-order valence-corrected chi connectivity index (χ4v) is 18.7. The first-order valence-electron chi connectivity index (χ1n) is 31.9. The van der Waals surface area contributed by atoms with Crippen LogP contribution in [-0.2, 0) is 33.3 Å². The van der Waals surface area contributed by atoms with Gasteiger partial charge in [-0.3, -0.25) is 9.59 Å². The van der Waals surface area contributed by atoms with E-state index in [2.05, 4.69) is 72.8 Å². The third kappa shape index (κ3) is 17.0. The number of ether oxygens (including phenoxy) is 5. The van der Waals surface area contributed by atoms with Crippen LogP contribution in [0.25, 0.3) is 0 Å². The van der Waals surface area contributed by atoms with Gasteiger partial charge in [-0.15, -0.1) is 0 Å². The number of rotatable bonds is 23. The number of methoxy groups -OCH3 is 1. The van der Waals surface area contributed by atoms with Gasteiger partial charge in [0.15, 0.2) is 11.7 Å². The molecule has 0 saturated carbocycles. The summed E-state index contributed by atoms with van der Waals surface area (Å²) in [4.78, 5) is 38.0. The zero-order valence-corrected chi connectivity index (χ0v) is 54.2. The molecule has 4 heterocycles. The van der Waals surface area contributed by atoms with Gasteiger partial charge >= 0.3 is 5.97 Å². The summed E-state index contributed by atoms with van der Waals surface area (Å²) < 4.78 is 32.2. The summed E-state index contributed by atoms with van der Waals surface area (Å²) in [5.74, 6) is -3.62. The van der Waals surface area contributed by atoms with E-state index in [1.165, 1.54) is 62.2 Å². The van der Waals surface area contributed by atoms with E-state index in [9.17, 15) is 35.1 Å². The van der Waals surface area contributed by atoms with Crippen LogP contribution in [0.15, 0.2) is 85.1 Å². The molecule has 0 aliphatic carbocycles. The molecule has 0 bridgehead atoms. The van der Waals surface area contributed by atoms with E-state index >= 15 is 0 Å². The predicted octanol–water partition coefficient (Wildman–Crippen LogP) is 9.14. The van der Waals surface area contributed by atoms with Crippen LogP contribution in [0.4, 0.5) is 0 Å². The van der Waals surface area contributed by atoms with Gasteiger partial charge in [-0.05, 0) is 136 Å². The Labute approximate surface area is 505 Å². The van der Waals surface area contributed by atoms with E-state index in [0.717, 1.165) is 38.3 Å². The van der Waals surface area contributed by atoms with E-state index in [1.807, 2.05) is 59.0 Å². The van der Waals surface area contributed by atoms with Gasteiger partial charge in [0.1, 0.15) is 47.9 Å². The second-order valence-electron chi connectivity index (χ2n) is 26.4. The molecule has 3 aliphatic rings. The second kappa shape index (κ2) is 31.6. The zero-order chi connectivity index (χ0) is 61.6. The molecule has 1 unspecified atom stereocenters. The molecule has 472 valence electrons. The van der Waals surface area contributed by atoms with Crippen molar-refractivity contribution in [3.63, 3.8) is 0 Å². The molecule has 15 nitrogen and oxygen atoms in total. The molecular formula is C68H109N3O12P+. The number of benzene rings is 2. The van der Waals surface area contributed by atoms with Gasteiger partial charge in [0.05, 0.1) is 53.7 Å². The topological polar surface area (TPSA) is 201 Å². The van der Waals surface area contributed by atoms with E-state index in [1.54, 1.807) is 39.5 Å². The number of carbonyl (C=O) groups is 2. The van der Waals surface area contributed by atoms with Gasteiger partial charge < -0.3 is 59.0 Å². The largest absolute Gasteiger partial charge is 0.459 e. The number of hydrogen-bond acceptors (Lipinski definition) is 14. The number of amides is 1. The molecule has 3 fully saturated rings. The Hall–Kier alpha value is -3.44. The quantitative estimate of drug-likeness (QED) is 0.0342. The van der Waals surface area contributed by atoms with E-state index < -0.39 is 103 Å². The number of hydrogen-bond donors (Lipinski definition) is 5. The normalized spacial score (nSPS) is 35.1. The molecule has 3 saturated heterocycles. The van der Waals surface area contributed by atoms with Crippen LogP contribution in [0.3, 0.4) is 0 Å². The highest BCUT2D eigenvalue weighted by molar-refractivity contribution is 7.95. The minimum Gasteiger partial charge on any atom is -0.459 e. The van der Waals surface area contributed by atoms with Crippen molar-refractivity contribution >= 4 is 35.2 Å². The summed E-state index contributed by atoms with van der Waals surface area (Å²) in [7, 11) is 3.40. The lowest BCUT2D eigenvalue weighted by Crippen LogP contribution is -2.61. The second-order valence-corrected chi connectivity index (χ2v) is 29.9. The Morgan fingerprint density at radius 3 is 1.86 bits per heavy atom. The summed E-state index contributed by atoms with van der Waals surface area (Å²) in [5.41, 5.74) is -3.53. The van der Waals surface area contributed by atoms with Crippen LogP contribution >= 0.6 is 7.26 Å². The van der Waals surface area contributed by atoms with Gasteiger partial charge in [-0.25, -0.2) is 4.98 Å². The highest BCUT2D eigenvalue weighted by atomic mass is 31.2. The molecule has 18 atom stereocenters. The van der Waals surface area contributed by atoms with Gasteiger partial charge in [-0.1, -0.05) is 122 Å². The maximum atomic E-state index is 14.8. The third-order valence-corrected chi connectivity index (χ3v) is 23.8. The number of aliphatic hydroxyl groups excluding tert-OH is 3. The van der Waals surface area contributed by atoms with E-state index in [0.29, 0.717) is 12.8 Å². The Balaban J connectivity index is 1.11. The molecule has 5 N–H and O–H groups in total. The molecule has 0 spiro atoms. The molecule has 0 radical (unpaired) electrons. The maximum absolute atomic E-state index is 14.8. The number of nitrogens with zero attached hydrogens (tertiary/aromatic N) is 3. The van der Waals surface area contributed by atoms with E-state index in [-0.39, 0.29) is 56.2 Å². The summed E-state index contributed by atoms with van der Waals surface area (Å²) in [6.45, 7) is 17.9. The fraction of sp³-hybridized carbons (Fsp3) is 0.721. The monoisotopic (exact) mass is 1190 g/mol. The number of aromatic nitrogens is 1. The van der Waals surface area contributed by atoms with E-state index in [4.69, 9.17) is 28.7 Å². The van der Waals surface area contributed by atoms with Crippen molar-refractivity contribution in [3.8, 4) is 0 Å². The molecule has 1 aromatic heterocycles. The summed E-state index contributed by atoms with van der Waals surface area (Å²) >= 11 is 0. The number of aliphatic hydroxyl groups is 5. The first-order valence-corrected chi connectivity index (χ1v) is 33.9. The fourth-order valence-electron chi connectivity index (χ4n) is 14.5. The standard InChI is InChI=1S/C68H109N3O12P/c1-14-56-68(10,78)61(74)50(6)71(58(72)39-30-22-20-18-16-15-17-19-21-23-33-41-84(52-34-26-24-27-35-52,53-36-28-25-29-37-53)57-38-31-32-40-69-57)45-46(2)43-66(8,77)63(83-65-60(73)54(70(11)12)42-47(3)80-65)48(4)59(49(5)64(76)82-56)55-44-67(9,79-13)62(75)51(7)81-55/h24-29,31-32,34-38,40,46-51,54-56,59-63,65,73-75,77-78H,14-23,30,33,39,41-45H2,1-13H3/q+1/t46-,47-,48+,49-,50-,51+,54+,55?,56-,59+,60-,61-,62+,63-,65+,66-,67-,68-/m1/s1. The first-order chi connectivity index (χ1) is 39.8. The van der Waals surface area contributed by atoms with Crippen molar-refractivity contribution in [2.24, 2.45) is 23.7 Å². The first kappa shape index (κ1) is 69.7. The number of unbranched alkanes of at least 4 members (excludes halogenated alkanes) is 10. The van der Waals surface area contributed by atoms with Crippen molar-refractivity contribution < 1.29 is 58.8 Å². The molecular weight excluding hydrogens is 1080 g/mol. The molecule has 16 heteroatoms.